The van der Waals surface area contributed by atoms with Gasteiger partial charge in [0.15, 0.2) is 5.82 Å². The van der Waals surface area contributed by atoms with Gasteiger partial charge in [-0.3, -0.25) is 14.6 Å². The largest absolute Gasteiger partial charge is 0.573 e. The Balaban J connectivity index is 1.45. The molecular formula is C21H23F3N6O. The highest BCUT2D eigenvalue weighted by Gasteiger charge is 2.31. The van der Waals surface area contributed by atoms with Crippen molar-refractivity contribution >= 4 is 5.82 Å². The summed E-state index contributed by atoms with van der Waals surface area (Å²) in [7, 11) is 1.92. The second kappa shape index (κ2) is 8.54. The fourth-order valence-corrected chi connectivity index (χ4v) is 3.74. The molecule has 0 atom stereocenters. The molecule has 0 radical (unpaired) electrons. The summed E-state index contributed by atoms with van der Waals surface area (Å²) in [4.78, 5) is 13.5. The maximum absolute atomic E-state index is 12.4. The summed E-state index contributed by atoms with van der Waals surface area (Å²) in [5.74, 6) is 0.463. The van der Waals surface area contributed by atoms with Crippen molar-refractivity contribution in [1.29, 1.82) is 0 Å². The van der Waals surface area contributed by atoms with Crippen LogP contribution in [0.4, 0.5) is 19.0 Å². The number of rotatable bonds is 5. The van der Waals surface area contributed by atoms with Gasteiger partial charge in [0.2, 0.25) is 0 Å². The van der Waals surface area contributed by atoms with Gasteiger partial charge in [0.05, 0.1) is 5.69 Å². The zero-order valence-electron chi connectivity index (χ0n) is 17.3. The Hall–Kier alpha value is -3.14. The number of aromatic nitrogens is 4. The van der Waals surface area contributed by atoms with E-state index in [1.54, 1.807) is 24.5 Å². The van der Waals surface area contributed by atoms with E-state index < -0.39 is 6.36 Å². The van der Waals surface area contributed by atoms with Crippen LogP contribution in [0.1, 0.15) is 11.3 Å². The molecule has 1 fully saturated rings. The van der Waals surface area contributed by atoms with Crippen LogP contribution in [0.15, 0.2) is 42.9 Å². The normalized spacial score (nSPS) is 15.3. The number of piperazine rings is 1. The van der Waals surface area contributed by atoms with E-state index in [4.69, 9.17) is 0 Å². The molecule has 7 nitrogen and oxygen atoms in total. The molecule has 0 amide bonds. The van der Waals surface area contributed by atoms with Crippen molar-refractivity contribution in [2.24, 2.45) is 7.05 Å². The van der Waals surface area contributed by atoms with Gasteiger partial charge in [0.1, 0.15) is 11.4 Å². The van der Waals surface area contributed by atoms with Crippen LogP contribution < -0.4 is 9.64 Å². The van der Waals surface area contributed by atoms with Crippen LogP contribution in [-0.4, -0.2) is 57.2 Å². The molecule has 3 aromatic rings. The second-order valence-corrected chi connectivity index (χ2v) is 7.48. The van der Waals surface area contributed by atoms with Gasteiger partial charge in [-0.2, -0.15) is 5.10 Å². The summed E-state index contributed by atoms with van der Waals surface area (Å²) in [6.45, 7) is 6.15. The molecule has 1 aliphatic heterocycles. The number of anilines is 1. The number of ether oxygens (including phenoxy) is 1. The van der Waals surface area contributed by atoms with Crippen molar-refractivity contribution in [3.8, 4) is 17.0 Å². The van der Waals surface area contributed by atoms with Crippen LogP contribution in [0.5, 0.6) is 5.75 Å². The monoisotopic (exact) mass is 432 g/mol. The number of nitrogens with zero attached hydrogens (tertiary/aromatic N) is 6. The van der Waals surface area contributed by atoms with E-state index in [1.807, 2.05) is 18.7 Å². The molecule has 0 aliphatic carbocycles. The van der Waals surface area contributed by atoms with Crippen molar-refractivity contribution < 1.29 is 17.9 Å². The molecule has 0 bridgehead atoms. The van der Waals surface area contributed by atoms with Crippen LogP contribution in [0.25, 0.3) is 11.3 Å². The first-order chi connectivity index (χ1) is 14.8. The fraction of sp³-hybridized carbons (Fsp3) is 0.381. The lowest BCUT2D eigenvalue weighted by molar-refractivity contribution is -0.274. The molecule has 0 saturated carbocycles. The smallest absolute Gasteiger partial charge is 0.406 e. The molecule has 1 aromatic carbocycles. The summed E-state index contributed by atoms with van der Waals surface area (Å²) in [5, 5.41) is 4.40. The lowest BCUT2D eigenvalue weighted by Crippen LogP contribution is -2.46. The van der Waals surface area contributed by atoms with Gasteiger partial charge < -0.3 is 9.64 Å². The molecule has 0 unspecified atom stereocenters. The summed E-state index contributed by atoms with van der Waals surface area (Å²) >= 11 is 0. The maximum atomic E-state index is 12.4. The first-order valence-electron chi connectivity index (χ1n) is 9.92. The number of aryl methyl sites for hydroxylation is 2. The predicted molar refractivity (Wildman–Crippen MR) is 110 cm³/mol. The Morgan fingerprint density at radius 2 is 1.68 bits per heavy atom. The summed E-state index contributed by atoms with van der Waals surface area (Å²) in [6, 6.07) is 5.71. The average Bonchev–Trinajstić information content (AvgIpc) is 3.05. The van der Waals surface area contributed by atoms with Gasteiger partial charge in [0.25, 0.3) is 0 Å². The van der Waals surface area contributed by atoms with Crippen molar-refractivity contribution in [2.75, 3.05) is 31.1 Å². The number of hydrogen-bond acceptors (Lipinski definition) is 6. The molecule has 0 spiro atoms. The zero-order valence-corrected chi connectivity index (χ0v) is 17.3. The molecule has 0 N–H and O–H groups in total. The Bertz CT molecular complexity index is 1030. The van der Waals surface area contributed by atoms with Gasteiger partial charge >= 0.3 is 6.36 Å². The van der Waals surface area contributed by atoms with E-state index in [0.717, 1.165) is 44.2 Å². The number of halogens is 3. The quantitative estimate of drug-likeness (QED) is 0.616. The van der Waals surface area contributed by atoms with E-state index in [2.05, 4.69) is 35.8 Å². The minimum atomic E-state index is -4.72. The molecule has 1 saturated heterocycles. The average molecular weight is 432 g/mol. The molecule has 31 heavy (non-hydrogen) atoms. The van der Waals surface area contributed by atoms with Gasteiger partial charge in [0, 0.05) is 69.5 Å². The Morgan fingerprint density at radius 1 is 1.00 bits per heavy atom. The van der Waals surface area contributed by atoms with Crippen LogP contribution in [0, 0.1) is 6.92 Å². The van der Waals surface area contributed by atoms with Crippen molar-refractivity contribution in [2.45, 2.75) is 19.8 Å². The summed E-state index contributed by atoms with van der Waals surface area (Å²) in [6.07, 6.45) is 0.549. The lowest BCUT2D eigenvalue weighted by atomic mass is 10.1. The van der Waals surface area contributed by atoms with Crippen molar-refractivity contribution in [1.82, 2.24) is 24.6 Å². The number of alkyl halides is 3. The topological polar surface area (TPSA) is 59.3 Å². The zero-order chi connectivity index (χ0) is 22.0. The second-order valence-electron chi connectivity index (χ2n) is 7.48. The maximum Gasteiger partial charge on any atom is 0.573 e. The molecule has 4 rings (SSSR count). The molecule has 164 valence electrons. The van der Waals surface area contributed by atoms with Gasteiger partial charge in [-0.15, -0.1) is 13.2 Å². The Morgan fingerprint density at radius 3 is 2.29 bits per heavy atom. The molecule has 10 heteroatoms. The van der Waals surface area contributed by atoms with Crippen molar-refractivity contribution in [3.05, 3.63) is 54.1 Å². The van der Waals surface area contributed by atoms with E-state index in [-0.39, 0.29) is 5.75 Å². The molecule has 1 aliphatic rings. The minimum absolute atomic E-state index is 0.263. The minimum Gasteiger partial charge on any atom is -0.406 e. The molecule has 2 aromatic heterocycles. The highest BCUT2D eigenvalue weighted by atomic mass is 19.4. The lowest BCUT2D eigenvalue weighted by Gasteiger charge is -2.35. The fourth-order valence-electron chi connectivity index (χ4n) is 3.74. The number of hydrogen-bond donors (Lipinski definition) is 0. The van der Waals surface area contributed by atoms with E-state index in [1.165, 1.54) is 17.7 Å². The third-order valence-electron chi connectivity index (χ3n) is 5.22. The van der Waals surface area contributed by atoms with Crippen LogP contribution in [0.2, 0.25) is 0 Å². The molecule has 3 heterocycles. The standard InChI is InChI=1S/C21H23F3N6O/c1-15-17(13-28(2)27-15)14-29-9-11-30(12-10-29)20-19(25-7-8-26-20)16-3-5-18(6-4-16)31-21(22,23)24/h3-8,13H,9-12,14H2,1-2H3. The highest BCUT2D eigenvalue weighted by molar-refractivity contribution is 5.72. The van der Waals surface area contributed by atoms with Gasteiger partial charge in [-0.1, -0.05) is 0 Å². The van der Waals surface area contributed by atoms with Gasteiger partial charge in [-0.25, -0.2) is 4.98 Å². The van der Waals surface area contributed by atoms with Crippen molar-refractivity contribution in [3.63, 3.8) is 0 Å². The van der Waals surface area contributed by atoms with Crippen LogP contribution >= 0.6 is 0 Å². The predicted octanol–water partition coefficient (Wildman–Crippen LogP) is 3.41. The SMILES string of the molecule is Cc1nn(C)cc1CN1CCN(c2nccnc2-c2ccc(OC(F)(F)F)cc2)CC1. The highest BCUT2D eigenvalue weighted by Crippen LogP contribution is 2.30. The Kier molecular flexibility index (Phi) is 5.81. The third-order valence-corrected chi connectivity index (χ3v) is 5.22. The summed E-state index contributed by atoms with van der Waals surface area (Å²) < 4.78 is 43.0. The Labute approximate surface area is 178 Å². The summed E-state index contributed by atoms with van der Waals surface area (Å²) in [5.41, 5.74) is 3.58. The van der Waals surface area contributed by atoms with E-state index in [9.17, 15) is 13.2 Å². The van der Waals surface area contributed by atoms with Crippen LogP contribution in [0.3, 0.4) is 0 Å². The van der Waals surface area contributed by atoms with E-state index >= 15 is 0 Å². The first-order valence-corrected chi connectivity index (χ1v) is 9.92. The first kappa shape index (κ1) is 21.1. The number of benzene rings is 1. The van der Waals surface area contributed by atoms with Gasteiger partial charge in [-0.05, 0) is 31.2 Å². The third kappa shape index (κ3) is 5.13. The van der Waals surface area contributed by atoms with E-state index in [0.29, 0.717) is 11.3 Å². The molecular weight excluding hydrogens is 409 g/mol. The van der Waals surface area contributed by atoms with Crippen LogP contribution in [-0.2, 0) is 13.6 Å².